The average Bonchev–Trinajstić information content (AvgIpc) is 2.30. The molecule has 0 unspecified atom stereocenters. The van der Waals surface area contributed by atoms with E-state index in [-0.39, 0.29) is 0 Å². The zero-order valence-electron chi connectivity index (χ0n) is 8.72. The number of hydrogen-bond donors (Lipinski definition) is 0. The molecule has 0 heterocycles. The summed E-state index contributed by atoms with van der Waals surface area (Å²) in [6.45, 7) is 2.11. The highest BCUT2D eigenvalue weighted by atomic mass is 31.1. The minimum absolute atomic E-state index is 0.692. The third kappa shape index (κ3) is 2.30. The summed E-state index contributed by atoms with van der Waals surface area (Å²) in [5, 5.41) is 2.49. The Kier molecular flexibility index (Phi) is 3.23. The van der Waals surface area contributed by atoms with Gasteiger partial charge in [-0.3, -0.25) is 0 Å². The average molecular weight is 210 g/mol. The van der Waals surface area contributed by atoms with Gasteiger partial charge in [0.2, 0.25) is 0 Å². The summed E-state index contributed by atoms with van der Waals surface area (Å²) < 4.78 is 0. The van der Waals surface area contributed by atoms with Crippen molar-refractivity contribution in [1.82, 2.24) is 0 Å². The van der Waals surface area contributed by atoms with E-state index in [4.69, 9.17) is 7.57 Å². The van der Waals surface area contributed by atoms with Gasteiger partial charge in [-0.1, -0.05) is 62.4 Å². The van der Waals surface area contributed by atoms with Crippen LogP contribution in [0.15, 0.2) is 54.6 Å². The Hall–Kier alpha value is -1.07. The Morgan fingerprint density at radius 1 is 0.867 bits per heavy atom. The molecule has 0 fully saturated rings. The van der Waals surface area contributed by atoms with E-state index in [1.165, 1.54) is 16.2 Å². The molecule has 0 saturated carbocycles. The SMILES string of the molecule is [B][P@@](c1ccccc1)c1ccccc1C. The standard InChI is InChI=1S/C13H12BP/c1-11-7-5-6-10-13(11)15(14)12-8-3-2-4-9-12/h2-10H,1H3/t15-/m0/s1. The Morgan fingerprint density at radius 2 is 1.47 bits per heavy atom. The molecule has 0 aromatic heterocycles. The van der Waals surface area contributed by atoms with Crippen LogP contribution in [-0.2, 0) is 0 Å². The molecule has 2 heteroatoms. The molecule has 0 saturated heterocycles. The van der Waals surface area contributed by atoms with Gasteiger partial charge in [-0.2, -0.15) is 0 Å². The second-order valence-corrected chi connectivity index (χ2v) is 5.23. The third-order valence-corrected chi connectivity index (χ3v) is 4.28. The summed E-state index contributed by atoms with van der Waals surface area (Å²) in [6, 6.07) is 18.6. The normalized spacial score (nSPS) is 12.3. The molecule has 0 amide bonds. The molecule has 0 aliphatic heterocycles. The molecule has 0 spiro atoms. The second kappa shape index (κ2) is 4.64. The molecule has 0 nitrogen and oxygen atoms in total. The van der Waals surface area contributed by atoms with Crippen LogP contribution in [0.25, 0.3) is 0 Å². The lowest BCUT2D eigenvalue weighted by molar-refractivity contribution is 1.52. The van der Waals surface area contributed by atoms with Crippen molar-refractivity contribution in [3.8, 4) is 0 Å². The zero-order chi connectivity index (χ0) is 10.7. The van der Waals surface area contributed by atoms with Crippen molar-refractivity contribution in [2.75, 3.05) is 0 Å². The Labute approximate surface area is 93.5 Å². The van der Waals surface area contributed by atoms with E-state index in [0.717, 1.165) is 0 Å². The minimum Gasteiger partial charge on any atom is -0.0958 e. The van der Waals surface area contributed by atoms with E-state index < -0.39 is 7.80 Å². The van der Waals surface area contributed by atoms with Crippen LogP contribution in [0, 0.1) is 6.92 Å². The second-order valence-electron chi connectivity index (χ2n) is 3.49. The van der Waals surface area contributed by atoms with Crippen molar-refractivity contribution in [3.63, 3.8) is 0 Å². The summed E-state index contributed by atoms with van der Waals surface area (Å²) in [5.74, 6) is 0. The first-order valence-electron chi connectivity index (χ1n) is 4.94. The molecule has 2 aromatic rings. The molecule has 2 rings (SSSR count). The number of hydrogen-bond acceptors (Lipinski definition) is 0. The molecule has 1 atom stereocenters. The lowest BCUT2D eigenvalue weighted by Crippen LogP contribution is -2.13. The molecule has 15 heavy (non-hydrogen) atoms. The highest BCUT2D eigenvalue weighted by Crippen LogP contribution is 2.28. The van der Waals surface area contributed by atoms with Crippen molar-refractivity contribution in [3.05, 3.63) is 60.2 Å². The molecule has 72 valence electrons. The number of rotatable bonds is 2. The number of benzene rings is 2. The summed E-state index contributed by atoms with van der Waals surface area (Å²) in [7, 11) is 5.59. The quantitative estimate of drug-likeness (QED) is 0.527. The van der Waals surface area contributed by atoms with E-state index in [0.29, 0.717) is 0 Å². The van der Waals surface area contributed by atoms with Gasteiger partial charge in [0.05, 0.1) is 0 Å². The molecular weight excluding hydrogens is 198 g/mol. The predicted octanol–water partition coefficient (Wildman–Crippen LogP) is 2.51. The third-order valence-electron chi connectivity index (χ3n) is 2.41. The van der Waals surface area contributed by atoms with Crippen LogP contribution < -0.4 is 10.6 Å². The van der Waals surface area contributed by atoms with Crippen LogP contribution in [0.1, 0.15) is 5.56 Å². The molecule has 0 N–H and O–H groups in total. The van der Waals surface area contributed by atoms with E-state index in [1.54, 1.807) is 0 Å². The molecule has 0 bridgehead atoms. The maximum absolute atomic E-state index is 6.28. The van der Waals surface area contributed by atoms with Gasteiger partial charge in [-0.15, -0.1) is 0 Å². The maximum Gasteiger partial charge on any atom is 0.121 e. The zero-order valence-corrected chi connectivity index (χ0v) is 9.62. The van der Waals surface area contributed by atoms with Gasteiger partial charge < -0.3 is 0 Å². The fourth-order valence-electron chi connectivity index (χ4n) is 1.56. The van der Waals surface area contributed by atoms with Gasteiger partial charge >= 0.3 is 0 Å². The van der Waals surface area contributed by atoms with Crippen LogP contribution in [-0.4, -0.2) is 7.57 Å². The van der Waals surface area contributed by atoms with E-state index >= 15 is 0 Å². The highest BCUT2D eigenvalue weighted by molar-refractivity contribution is 7.94. The Balaban J connectivity index is 2.37. The Morgan fingerprint density at radius 3 is 2.13 bits per heavy atom. The van der Waals surface area contributed by atoms with Crippen LogP contribution >= 0.6 is 7.80 Å². The highest BCUT2D eigenvalue weighted by Gasteiger charge is 2.07. The van der Waals surface area contributed by atoms with Crippen LogP contribution in [0.3, 0.4) is 0 Å². The lowest BCUT2D eigenvalue weighted by Gasteiger charge is -2.15. The topological polar surface area (TPSA) is 0 Å². The van der Waals surface area contributed by atoms with Crippen molar-refractivity contribution in [2.24, 2.45) is 0 Å². The van der Waals surface area contributed by atoms with Crippen molar-refractivity contribution < 1.29 is 0 Å². The smallest absolute Gasteiger partial charge is 0.0958 e. The minimum atomic E-state index is -0.692. The first kappa shape index (κ1) is 10.5. The molecule has 0 aliphatic rings. The van der Waals surface area contributed by atoms with Gasteiger partial charge in [-0.05, 0) is 23.1 Å². The van der Waals surface area contributed by atoms with Gasteiger partial charge in [0.15, 0.2) is 0 Å². The summed E-state index contributed by atoms with van der Waals surface area (Å²) in [6.07, 6.45) is 0. The summed E-state index contributed by atoms with van der Waals surface area (Å²) in [4.78, 5) is 0. The first-order chi connectivity index (χ1) is 7.29. The molecule has 0 aliphatic carbocycles. The summed E-state index contributed by atoms with van der Waals surface area (Å²) >= 11 is 0. The van der Waals surface area contributed by atoms with Gasteiger partial charge in [0, 0.05) is 0 Å². The van der Waals surface area contributed by atoms with E-state index in [1.807, 2.05) is 30.3 Å². The van der Waals surface area contributed by atoms with Crippen LogP contribution in [0.5, 0.6) is 0 Å². The van der Waals surface area contributed by atoms with Gasteiger partial charge in [0.1, 0.15) is 7.57 Å². The molecule has 2 radical (unpaired) electrons. The predicted molar refractivity (Wildman–Crippen MR) is 69.6 cm³/mol. The fourth-order valence-corrected chi connectivity index (χ4v) is 3.03. The van der Waals surface area contributed by atoms with Crippen molar-refractivity contribution in [2.45, 2.75) is 6.92 Å². The van der Waals surface area contributed by atoms with Crippen molar-refractivity contribution >= 4 is 26.0 Å². The molecule has 2 aromatic carbocycles. The number of aryl methyl sites for hydroxylation is 1. The molecular formula is C13H12BP. The van der Waals surface area contributed by atoms with E-state index in [2.05, 4.69) is 31.2 Å². The van der Waals surface area contributed by atoms with Gasteiger partial charge in [0.25, 0.3) is 0 Å². The van der Waals surface area contributed by atoms with Crippen LogP contribution in [0.2, 0.25) is 0 Å². The van der Waals surface area contributed by atoms with Crippen molar-refractivity contribution in [1.29, 1.82) is 0 Å². The monoisotopic (exact) mass is 210 g/mol. The Bertz CT molecular complexity index is 439. The van der Waals surface area contributed by atoms with Crippen LogP contribution in [0.4, 0.5) is 0 Å². The van der Waals surface area contributed by atoms with Gasteiger partial charge in [-0.25, -0.2) is 0 Å². The largest absolute Gasteiger partial charge is 0.121 e. The lowest BCUT2D eigenvalue weighted by atomic mass is 10.2. The fraction of sp³-hybridized carbons (Fsp3) is 0.0769. The van der Waals surface area contributed by atoms with E-state index in [9.17, 15) is 0 Å². The maximum atomic E-state index is 6.28. The first-order valence-corrected chi connectivity index (χ1v) is 6.35. The summed E-state index contributed by atoms with van der Waals surface area (Å²) in [5.41, 5.74) is 1.27.